The first kappa shape index (κ1) is 12.9. The van der Waals surface area contributed by atoms with Crippen molar-refractivity contribution < 1.29 is 0 Å². The van der Waals surface area contributed by atoms with Crippen LogP contribution < -0.4 is 5.73 Å². The van der Waals surface area contributed by atoms with E-state index in [0.717, 1.165) is 18.9 Å². The number of likely N-dealkylation sites (N-methyl/N-ethyl adjacent to an activating group) is 1. The van der Waals surface area contributed by atoms with Gasteiger partial charge in [0.2, 0.25) is 0 Å². The van der Waals surface area contributed by atoms with Crippen LogP contribution in [0.25, 0.3) is 0 Å². The van der Waals surface area contributed by atoms with E-state index in [9.17, 15) is 0 Å². The van der Waals surface area contributed by atoms with Gasteiger partial charge in [-0.15, -0.1) is 0 Å². The molecule has 0 aromatic carbocycles. The molecule has 1 aliphatic heterocycles. The second-order valence-electron chi connectivity index (χ2n) is 6.01. The minimum atomic E-state index is -0.0283. The molecule has 0 radical (unpaired) electrons. The van der Waals surface area contributed by atoms with Crippen molar-refractivity contribution >= 4 is 0 Å². The quantitative estimate of drug-likeness (QED) is 0.756. The van der Waals surface area contributed by atoms with E-state index in [2.05, 4.69) is 44.7 Å². The lowest BCUT2D eigenvalue weighted by Crippen LogP contribution is -2.38. The number of hydrogen-bond donors (Lipinski definition) is 1. The average molecular weight is 213 g/mol. The lowest BCUT2D eigenvalue weighted by molar-refractivity contribution is 0.245. The first-order valence-electron chi connectivity index (χ1n) is 5.97. The highest BCUT2D eigenvalue weighted by molar-refractivity contribution is 4.87. The summed E-state index contributed by atoms with van der Waals surface area (Å²) in [7, 11) is 4.36. The van der Waals surface area contributed by atoms with E-state index in [0.29, 0.717) is 6.04 Å². The molecule has 1 saturated heterocycles. The van der Waals surface area contributed by atoms with Gasteiger partial charge in [-0.3, -0.25) is 0 Å². The molecule has 2 atom stereocenters. The Kier molecular flexibility index (Phi) is 4.15. The van der Waals surface area contributed by atoms with Crippen LogP contribution in [0.1, 0.15) is 27.2 Å². The molecule has 0 amide bonds. The maximum Gasteiger partial charge on any atom is 0.0254 e. The SMILES string of the molecule is CC1CN(CCC(C)(C)N)CC1N(C)C. The van der Waals surface area contributed by atoms with Crippen molar-refractivity contribution in [3.8, 4) is 0 Å². The predicted octanol–water partition coefficient (Wildman–Crippen LogP) is 0.996. The van der Waals surface area contributed by atoms with E-state index in [4.69, 9.17) is 5.73 Å². The van der Waals surface area contributed by atoms with Crippen LogP contribution in [0.5, 0.6) is 0 Å². The van der Waals surface area contributed by atoms with E-state index < -0.39 is 0 Å². The molecule has 1 rings (SSSR count). The van der Waals surface area contributed by atoms with Gasteiger partial charge in [0.25, 0.3) is 0 Å². The third-order valence-electron chi connectivity index (χ3n) is 3.38. The van der Waals surface area contributed by atoms with Crippen LogP contribution in [0.4, 0.5) is 0 Å². The molecule has 2 N–H and O–H groups in total. The largest absolute Gasteiger partial charge is 0.326 e. The smallest absolute Gasteiger partial charge is 0.0254 e. The third-order valence-corrected chi connectivity index (χ3v) is 3.38. The molecule has 3 heteroatoms. The molecule has 0 saturated carbocycles. The molecule has 0 aliphatic carbocycles. The van der Waals surface area contributed by atoms with Gasteiger partial charge in [-0.2, -0.15) is 0 Å². The Labute approximate surface area is 94.6 Å². The summed E-state index contributed by atoms with van der Waals surface area (Å²) in [4.78, 5) is 4.89. The van der Waals surface area contributed by atoms with Crippen LogP contribution in [0.3, 0.4) is 0 Å². The summed E-state index contributed by atoms with van der Waals surface area (Å²) in [5.41, 5.74) is 5.98. The highest BCUT2D eigenvalue weighted by atomic mass is 15.2. The van der Waals surface area contributed by atoms with Gasteiger partial charge in [0, 0.05) is 24.7 Å². The molecular weight excluding hydrogens is 186 g/mol. The number of rotatable bonds is 4. The normalized spacial score (nSPS) is 29.0. The van der Waals surface area contributed by atoms with Crippen LogP contribution in [0.2, 0.25) is 0 Å². The summed E-state index contributed by atoms with van der Waals surface area (Å²) in [6, 6.07) is 0.714. The topological polar surface area (TPSA) is 32.5 Å². The summed E-state index contributed by atoms with van der Waals surface area (Å²) in [5.74, 6) is 0.779. The number of nitrogens with two attached hydrogens (primary N) is 1. The molecule has 15 heavy (non-hydrogen) atoms. The van der Waals surface area contributed by atoms with E-state index in [-0.39, 0.29) is 5.54 Å². The Morgan fingerprint density at radius 1 is 1.33 bits per heavy atom. The maximum atomic E-state index is 6.01. The predicted molar refractivity (Wildman–Crippen MR) is 66.0 cm³/mol. The Balaban J connectivity index is 2.35. The number of nitrogens with zero attached hydrogens (tertiary/aromatic N) is 2. The maximum absolute atomic E-state index is 6.01. The molecule has 1 heterocycles. The van der Waals surface area contributed by atoms with E-state index in [1.807, 2.05) is 0 Å². The van der Waals surface area contributed by atoms with Crippen LogP contribution in [0.15, 0.2) is 0 Å². The van der Waals surface area contributed by atoms with Gasteiger partial charge in [0.1, 0.15) is 0 Å². The summed E-state index contributed by atoms with van der Waals surface area (Å²) >= 11 is 0. The minimum absolute atomic E-state index is 0.0283. The zero-order valence-corrected chi connectivity index (χ0v) is 11.0. The molecule has 0 spiro atoms. The molecule has 90 valence electrons. The molecule has 3 nitrogen and oxygen atoms in total. The number of hydrogen-bond acceptors (Lipinski definition) is 3. The van der Waals surface area contributed by atoms with Gasteiger partial charge >= 0.3 is 0 Å². The van der Waals surface area contributed by atoms with Gasteiger partial charge in [-0.05, 0) is 46.8 Å². The molecule has 1 fully saturated rings. The van der Waals surface area contributed by atoms with E-state index >= 15 is 0 Å². The van der Waals surface area contributed by atoms with Gasteiger partial charge < -0.3 is 15.5 Å². The van der Waals surface area contributed by atoms with Gasteiger partial charge in [-0.1, -0.05) is 6.92 Å². The highest BCUT2D eigenvalue weighted by Crippen LogP contribution is 2.20. The standard InChI is InChI=1S/C12H27N3/c1-10-8-15(7-6-12(2,3)13)9-11(10)14(4)5/h10-11H,6-9,13H2,1-5H3. The average Bonchev–Trinajstić information content (AvgIpc) is 2.42. The zero-order valence-electron chi connectivity index (χ0n) is 11.0. The van der Waals surface area contributed by atoms with Crippen molar-refractivity contribution in [3.63, 3.8) is 0 Å². The van der Waals surface area contributed by atoms with E-state index in [1.54, 1.807) is 0 Å². The Morgan fingerprint density at radius 3 is 2.33 bits per heavy atom. The van der Waals surface area contributed by atoms with Crippen LogP contribution >= 0.6 is 0 Å². The second kappa shape index (κ2) is 4.81. The lowest BCUT2D eigenvalue weighted by atomic mass is 10.0. The third kappa shape index (κ3) is 4.09. The summed E-state index contributed by atoms with van der Waals surface area (Å²) in [6.07, 6.45) is 1.08. The summed E-state index contributed by atoms with van der Waals surface area (Å²) in [5, 5.41) is 0. The first-order valence-corrected chi connectivity index (χ1v) is 5.97. The molecule has 0 bridgehead atoms. The fourth-order valence-corrected chi connectivity index (χ4v) is 2.35. The molecule has 0 aromatic rings. The lowest BCUT2D eigenvalue weighted by Gasteiger charge is -2.24. The van der Waals surface area contributed by atoms with Crippen LogP contribution in [0, 0.1) is 5.92 Å². The molecule has 2 unspecified atom stereocenters. The van der Waals surface area contributed by atoms with Gasteiger partial charge in [-0.25, -0.2) is 0 Å². The van der Waals surface area contributed by atoms with Crippen molar-refractivity contribution in [3.05, 3.63) is 0 Å². The minimum Gasteiger partial charge on any atom is -0.326 e. The zero-order chi connectivity index (χ0) is 11.6. The fourth-order valence-electron chi connectivity index (χ4n) is 2.35. The van der Waals surface area contributed by atoms with Crippen molar-refractivity contribution in [1.82, 2.24) is 9.80 Å². The summed E-state index contributed by atoms with van der Waals surface area (Å²) in [6.45, 7) is 10.1. The Morgan fingerprint density at radius 2 is 1.93 bits per heavy atom. The van der Waals surface area contributed by atoms with Crippen molar-refractivity contribution in [1.29, 1.82) is 0 Å². The Bertz CT molecular complexity index is 196. The first-order chi connectivity index (χ1) is 6.79. The molecule has 0 aromatic heterocycles. The van der Waals surface area contributed by atoms with E-state index in [1.165, 1.54) is 13.1 Å². The monoisotopic (exact) mass is 213 g/mol. The van der Waals surface area contributed by atoms with Gasteiger partial charge in [0.05, 0.1) is 0 Å². The summed E-state index contributed by atoms with van der Waals surface area (Å²) < 4.78 is 0. The van der Waals surface area contributed by atoms with Crippen LogP contribution in [-0.2, 0) is 0 Å². The van der Waals surface area contributed by atoms with Gasteiger partial charge in [0.15, 0.2) is 0 Å². The highest BCUT2D eigenvalue weighted by Gasteiger charge is 2.31. The number of likely N-dealkylation sites (tertiary alicyclic amines) is 1. The molecular formula is C12H27N3. The van der Waals surface area contributed by atoms with Crippen LogP contribution in [-0.4, -0.2) is 55.1 Å². The Hall–Kier alpha value is -0.120. The van der Waals surface area contributed by atoms with Crippen molar-refractivity contribution in [2.45, 2.75) is 38.8 Å². The molecule has 1 aliphatic rings. The van der Waals surface area contributed by atoms with Crippen molar-refractivity contribution in [2.75, 3.05) is 33.7 Å². The fraction of sp³-hybridized carbons (Fsp3) is 1.00. The second-order valence-corrected chi connectivity index (χ2v) is 6.01. The van der Waals surface area contributed by atoms with Crippen molar-refractivity contribution in [2.24, 2.45) is 11.7 Å².